The van der Waals surface area contributed by atoms with Crippen LogP contribution in [0, 0.1) is 13.8 Å². The number of esters is 1. The smallest absolute Gasteiger partial charge is 0.380 e. The molecule has 0 aliphatic carbocycles. The molecular formula is C18H19BrN4O5. The van der Waals surface area contributed by atoms with Crippen molar-refractivity contribution in [1.82, 2.24) is 15.1 Å². The first-order valence-electron chi connectivity index (χ1n) is 8.23. The Morgan fingerprint density at radius 2 is 1.82 bits per heavy atom. The highest BCUT2D eigenvalue weighted by Gasteiger charge is 2.25. The van der Waals surface area contributed by atoms with Gasteiger partial charge in [0.25, 0.3) is 11.7 Å². The molecule has 0 radical (unpaired) electrons. The van der Waals surface area contributed by atoms with Crippen LogP contribution in [0.5, 0.6) is 0 Å². The number of carbonyl (C=O) groups is 4. The molecule has 2 aromatic rings. The van der Waals surface area contributed by atoms with Gasteiger partial charge in [0.05, 0.1) is 23.5 Å². The van der Waals surface area contributed by atoms with Crippen LogP contribution in [0.2, 0.25) is 0 Å². The number of rotatable bonds is 7. The molecule has 10 heteroatoms. The first kappa shape index (κ1) is 21.3. The summed E-state index contributed by atoms with van der Waals surface area (Å²) in [5.74, 6) is -3.19. The molecule has 0 aliphatic heterocycles. The minimum absolute atomic E-state index is 0.153. The van der Waals surface area contributed by atoms with Crippen molar-refractivity contribution in [3.05, 3.63) is 45.7 Å². The van der Waals surface area contributed by atoms with E-state index < -0.39 is 30.2 Å². The summed E-state index contributed by atoms with van der Waals surface area (Å²) in [6, 6.07) is 7.00. The standard InChI is InChI=1S/C18H19BrN4O5/c1-10-16(11(2)23(3)22-10)17(26)18(27)28-9-15(25)20-8-14(24)21-13-7-5-4-6-12(13)19/h4-7H,8-9H2,1-3H3,(H,20,25)(H,21,24). The molecule has 1 aromatic carbocycles. The Hall–Kier alpha value is -3.01. The van der Waals surface area contributed by atoms with Crippen LogP contribution in [-0.2, 0) is 26.2 Å². The van der Waals surface area contributed by atoms with Gasteiger partial charge in [-0.3, -0.25) is 19.1 Å². The number of hydrogen-bond donors (Lipinski definition) is 2. The topological polar surface area (TPSA) is 119 Å². The molecule has 0 fully saturated rings. The average Bonchev–Trinajstić information content (AvgIpc) is 2.91. The Morgan fingerprint density at radius 3 is 2.43 bits per heavy atom. The molecule has 0 atom stereocenters. The van der Waals surface area contributed by atoms with Gasteiger partial charge < -0.3 is 15.4 Å². The Morgan fingerprint density at radius 1 is 1.14 bits per heavy atom. The van der Waals surface area contributed by atoms with E-state index in [1.54, 1.807) is 45.2 Å². The molecule has 2 amide bonds. The van der Waals surface area contributed by atoms with E-state index in [9.17, 15) is 19.2 Å². The number of halogens is 1. The molecule has 2 N–H and O–H groups in total. The summed E-state index contributed by atoms with van der Waals surface area (Å²) >= 11 is 3.29. The summed E-state index contributed by atoms with van der Waals surface area (Å²) in [7, 11) is 1.65. The van der Waals surface area contributed by atoms with Crippen molar-refractivity contribution < 1.29 is 23.9 Å². The molecule has 0 bridgehead atoms. The Balaban J connectivity index is 1.80. The summed E-state index contributed by atoms with van der Waals surface area (Å²) in [6.07, 6.45) is 0. The molecule has 1 heterocycles. The second kappa shape index (κ2) is 9.27. The van der Waals surface area contributed by atoms with E-state index in [0.717, 1.165) is 0 Å². The van der Waals surface area contributed by atoms with Crippen LogP contribution in [0.4, 0.5) is 5.69 Å². The van der Waals surface area contributed by atoms with Crippen molar-refractivity contribution in [3.8, 4) is 0 Å². The molecule has 0 aliphatic rings. The molecular weight excluding hydrogens is 432 g/mol. The monoisotopic (exact) mass is 450 g/mol. The van der Waals surface area contributed by atoms with Crippen molar-refractivity contribution in [2.75, 3.05) is 18.5 Å². The third-order valence-corrected chi connectivity index (χ3v) is 4.54. The minimum atomic E-state index is -1.16. The Labute approximate surface area is 169 Å². The van der Waals surface area contributed by atoms with Gasteiger partial charge in [0.1, 0.15) is 0 Å². The van der Waals surface area contributed by atoms with E-state index in [1.165, 1.54) is 4.68 Å². The van der Waals surface area contributed by atoms with Gasteiger partial charge >= 0.3 is 5.97 Å². The van der Waals surface area contributed by atoms with E-state index in [-0.39, 0.29) is 12.1 Å². The van der Waals surface area contributed by atoms with Crippen molar-refractivity contribution >= 4 is 45.2 Å². The molecule has 148 valence electrons. The van der Waals surface area contributed by atoms with Gasteiger partial charge in [0.2, 0.25) is 5.91 Å². The SMILES string of the molecule is Cc1nn(C)c(C)c1C(=O)C(=O)OCC(=O)NCC(=O)Nc1ccccc1Br. The summed E-state index contributed by atoms with van der Waals surface area (Å²) in [4.78, 5) is 47.7. The molecule has 0 saturated heterocycles. The first-order chi connectivity index (χ1) is 13.2. The van der Waals surface area contributed by atoms with E-state index >= 15 is 0 Å². The minimum Gasteiger partial charge on any atom is -0.450 e. The fourth-order valence-corrected chi connectivity index (χ4v) is 2.77. The highest BCUT2D eigenvalue weighted by Crippen LogP contribution is 2.20. The van der Waals surface area contributed by atoms with E-state index in [0.29, 0.717) is 21.5 Å². The number of amides is 2. The number of para-hydroxylation sites is 1. The molecule has 2 rings (SSSR count). The number of Topliss-reactive ketones (excluding diaryl/α,β-unsaturated/α-hetero) is 1. The molecule has 0 unspecified atom stereocenters. The fourth-order valence-electron chi connectivity index (χ4n) is 2.39. The summed E-state index contributed by atoms with van der Waals surface area (Å²) in [5, 5.41) is 8.98. The average molecular weight is 451 g/mol. The second-order valence-corrected chi connectivity index (χ2v) is 6.73. The lowest BCUT2D eigenvalue weighted by Crippen LogP contribution is -2.36. The van der Waals surface area contributed by atoms with Crippen LogP contribution in [-0.4, -0.2) is 46.5 Å². The predicted molar refractivity (Wildman–Crippen MR) is 104 cm³/mol. The third kappa shape index (κ3) is 5.26. The quantitative estimate of drug-likeness (QED) is 0.372. The third-order valence-electron chi connectivity index (χ3n) is 3.85. The lowest BCUT2D eigenvalue weighted by Gasteiger charge is -2.08. The molecule has 0 saturated carbocycles. The van der Waals surface area contributed by atoms with Crippen molar-refractivity contribution in [2.45, 2.75) is 13.8 Å². The number of anilines is 1. The zero-order valence-corrected chi connectivity index (χ0v) is 17.1. The van der Waals surface area contributed by atoms with Gasteiger partial charge in [0.15, 0.2) is 6.61 Å². The maximum Gasteiger partial charge on any atom is 0.380 e. The van der Waals surface area contributed by atoms with E-state index in [4.69, 9.17) is 4.74 Å². The van der Waals surface area contributed by atoms with Crippen molar-refractivity contribution in [3.63, 3.8) is 0 Å². The number of benzene rings is 1. The molecule has 28 heavy (non-hydrogen) atoms. The van der Waals surface area contributed by atoms with Crippen LogP contribution in [0.15, 0.2) is 28.7 Å². The summed E-state index contributed by atoms with van der Waals surface area (Å²) < 4.78 is 6.91. The number of nitrogens with one attached hydrogen (secondary N) is 2. The van der Waals surface area contributed by atoms with Crippen molar-refractivity contribution in [2.24, 2.45) is 7.05 Å². The number of ketones is 1. The number of ether oxygens (including phenoxy) is 1. The van der Waals surface area contributed by atoms with Gasteiger partial charge in [-0.15, -0.1) is 0 Å². The zero-order valence-electron chi connectivity index (χ0n) is 15.5. The first-order valence-corrected chi connectivity index (χ1v) is 9.02. The molecule has 0 spiro atoms. The highest BCUT2D eigenvalue weighted by molar-refractivity contribution is 9.10. The number of nitrogens with zero attached hydrogens (tertiary/aromatic N) is 2. The number of aromatic nitrogens is 2. The van der Waals surface area contributed by atoms with Gasteiger partial charge in [-0.25, -0.2) is 4.79 Å². The van der Waals surface area contributed by atoms with Gasteiger partial charge in [-0.2, -0.15) is 5.10 Å². The van der Waals surface area contributed by atoms with Crippen LogP contribution in [0.1, 0.15) is 21.7 Å². The second-order valence-electron chi connectivity index (χ2n) is 5.88. The van der Waals surface area contributed by atoms with E-state index in [2.05, 4.69) is 31.7 Å². The molecule has 1 aromatic heterocycles. The fraction of sp³-hybridized carbons (Fsp3) is 0.278. The lowest BCUT2D eigenvalue weighted by molar-refractivity contribution is -0.144. The van der Waals surface area contributed by atoms with E-state index in [1.807, 2.05) is 0 Å². The normalized spacial score (nSPS) is 10.3. The highest BCUT2D eigenvalue weighted by atomic mass is 79.9. The number of hydrogen-bond acceptors (Lipinski definition) is 6. The Kier molecular flexibility index (Phi) is 7.05. The van der Waals surface area contributed by atoms with Gasteiger partial charge in [-0.1, -0.05) is 12.1 Å². The van der Waals surface area contributed by atoms with Crippen LogP contribution >= 0.6 is 15.9 Å². The van der Waals surface area contributed by atoms with Crippen LogP contribution in [0.25, 0.3) is 0 Å². The van der Waals surface area contributed by atoms with Gasteiger partial charge in [0, 0.05) is 17.2 Å². The lowest BCUT2D eigenvalue weighted by atomic mass is 10.1. The predicted octanol–water partition coefficient (Wildman–Crippen LogP) is 1.28. The summed E-state index contributed by atoms with van der Waals surface area (Å²) in [5.41, 5.74) is 1.63. The Bertz CT molecular complexity index is 938. The maximum atomic E-state index is 12.2. The molecule has 9 nitrogen and oxygen atoms in total. The van der Waals surface area contributed by atoms with Gasteiger partial charge in [-0.05, 0) is 41.9 Å². The van der Waals surface area contributed by atoms with Crippen molar-refractivity contribution in [1.29, 1.82) is 0 Å². The van der Waals surface area contributed by atoms with Crippen LogP contribution in [0.3, 0.4) is 0 Å². The number of aryl methyl sites for hydroxylation is 2. The largest absolute Gasteiger partial charge is 0.450 e. The summed E-state index contributed by atoms with van der Waals surface area (Å²) in [6.45, 7) is 2.26. The number of carbonyl (C=O) groups excluding carboxylic acids is 4. The van der Waals surface area contributed by atoms with Crippen LogP contribution < -0.4 is 10.6 Å². The maximum absolute atomic E-state index is 12.2. The zero-order chi connectivity index (χ0) is 20.8.